The predicted molar refractivity (Wildman–Crippen MR) is 68.5 cm³/mol. The van der Waals surface area contributed by atoms with Crippen molar-refractivity contribution in [1.29, 1.82) is 0 Å². The summed E-state index contributed by atoms with van der Waals surface area (Å²) in [5.41, 5.74) is -1.15. The highest BCUT2D eigenvalue weighted by atomic mass is 19.4. The molecule has 2 aliphatic rings. The number of para-hydroxylation sites is 1. The van der Waals surface area contributed by atoms with Crippen LogP contribution in [0.15, 0.2) is 24.3 Å². The third-order valence-electron chi connectivity index (χ3n) is 3.74. The molecule has 1 saturated carbocycles. The maximum atomic E-state index is 13.1. The van der Waals surface area contributed by atoms with E-state index < -0.39 is 29.6 Å². The molecule has 1 aromatic carbocycles. The van der Waals surface area contributed by atoms with Gasteiger partial charge >= 0.3 is 6.18 Å². The van der Waals surface area contributed by atoms with Crippen LogP contribution in [0.25, 0.3) is 0 Å². The van der Waals surface area contributed by atoms with Crippen molar-refractivity contribution in [2.75, 3.05) is 11.4 Å². The molecule has 1 atom stereocenters. The first kappa shape index (κ1) is 13.9. The van der Waals surface area contributed by atoms with Crippen molar-refractivity contribution in [3.63, 3.8) is 0 Å². The number of anilines is 1. The summed E-state index contributed by atoms with van der Waals surface area (Å²) in [4.78, 5) is 25.0. The lowest BCUT2D eigenvalue weighted by Gasteiger charge is -2.34. The lowest BCUT2D eigenvalue weighted by Crippen LogP contribution is -2.59. The number of rotatable bonds is 2. The summed E-state index contributed by atoms with van der Waals surface area (Å²) in [5.74, 6) is -0.848. The van der Waals surface area contributed by atoms with Gasteiger partial charge in [-0.05, 0) is 30.9 Å². The van der Waals surface area contributed by atoms with Gasteiger partial charge in [-0.2, -0.15) is 13.2 Å². The van der Waals surface area contributed by atoms with Gasteiger partial charge in [-0.25, -0.2) is 0 Å². The van der Waals surface area contributed by atoms with Crippen molar-refractivity contribution in [2.45, 2.75) is 25.1 Å². The van der Waals surface area contributed by atoms with Gasteiger partial charge in [0.05, 0.1) is 11.3 Å². The number of hydrogen-bond acceptors (Lipinski definition) is 2. The Kier molecular flexibility index (Phi) is 3.15. The molecule has 21 heavy (non-hydrogen) atoms. The molecular formula is C14H13F3N2O2. The number of carbonyl (C=O) groups is 2. The second-order valence-electron chi connectivity index (χ2n) is 5.32. The van der Waals surface area contributed by atoms with Crippen LogP contribution in [-0.4, -0.2) is 24.4 Å². The van der Waals surface area contributed by atoms with Crippen LogP contribution >= 0.6 is 0 Å². The molecule has 1 heterocycles. The lowest BCUT2D eigenvalue weighted by atomic mass is 10.1. The smallest absolute Gasteiger partial charge is 0.342 e. The molecule has 1 N–H and O–H groups in total. The van der Waals surface area contributed by atoms with Crippen LogP contribution in [0, 0.1) is 5.92 Å². The summed E-state index contributed by atoms with van der Waals surface area (Å²) in [6, 6.07) is 4.13. The highest BCUT2D eigenvalue weighted by Gasteiger charge is 2.45. The monoisotopic (exact) mass is 298 g/mol. The van der Waals surface area contributed by atoms with Crippen LogP contribution in [0.3, 0.4) is 0 Å². The molecule has 1 unspecified atom stereocenters. The molecule has 2 fully saturated rings. The van der Waals surface area contributed by atoms with Gasteiger partial charge in [0.1, 0.15) is 12.6 Å². The zero-order chi connectivity index (χ0) is 15.2. The van der Waals surface area contributed by atoms with E-state index in [2.05, 4.69) is 5.32 Å². The summed E-state index contributed by atoms with van der Waals surface area (Å²) < 4.78 is 39.2. The summed E-state index contributed by atoms with van der Waals surface area (Å²) in [6.45, 7) is -0.380. The fraction of sp³-hybridized carbons (Fsp3) is 0.429. The van der Waals surface area contributed by atoms with Crippen molar-refractivity contribution in [3.8, 4) is 0 Å². The van der Waals surface area contributed by atoms with E-state index in [1.807, 2.05) is 0 Å². The van der Waals surface area contributed by atoms with E-state index in [1.54, 1.807) is 0 Å². The van der Waals surface area contributed by atoms with Gasteiger partial charge in [0.2, 0.25) is 11.8 Å². The average Bonchev–Trinajstić information content (AvgIpc) is 3.24. The molecule has 7 heteroatoms. The average molecular weight is 298 g/mol. The van der Waals surface area contributed by atoms with E-state index in [4.69, 9.17) is 0 Å². The van der Waals surface area contributed by atoms with Crippen molar-refractivity contribution in [3.05, 3.63) is 29.8 Å². The summed E-state index contributed by atoms with van der Waals surface area (Å²) >= 11 is 0. The molecule has 1 aromatic rings. The summed E-state index contributed by atoms with van der Waals surface area (Å²) in [5, 5.41) is 2.57. The first-order valence-electron chi connectivity index (χ1n) is 6.65. The summed E-state index contributed by atoms with van der Waals surface area (Å²) in [7, 11) is 0. The van der Waals surface area contributed by atoms with Gasteiger partial charge < -0.3 is 10.2 Å². The standard InChI is InChI=1S/C14H13F3N2O2/c15-14(16,17)9-3-1-2-4-10(9)19-7-11(20)18-12(13(19)21)8-5-6-8/h1-4,8,12H,5-7H2,(H,18,20). The molecule has 1 aliphatic heterocycles. The second kappa shape index (κ2) is 4.75. The third kappa shape index (κ3) is 2.59. The number of alkyl halides is 3. The largest absolute Gasteiger partial charge is 0.418 e. The van der Waals surface area contributed by atoms with E-state index >= 15 is 0 Å². The van der Waals surface area contributed by atoms with E-state index in [1.165, 1.54) is 18.2 Å². The van der Waals surface area contributed by atoms with Gasteiger partial charge in [0.25, 0.3) is 0 Å². The first-order chi connectivity index (χ1) is 9.88. The van der Waals surface area contributed by atoms with Gasteiger partial charge in [-0.1, -0.05) is 12.1 Å². The second-order valence-corrected chi connectivity index (χ2v) is 5.32. The Bertz CT molecular complexity index is 596. The quantitative estimate of drug-likeness (QED) is 0.907. The molecule has 0 bridgehead atoms. The number of amides is 2. The SMILES string of the molecule is O=C1CN(c2ccccc2C(F)(F)F)C(=O)C(C2CC2)N1. The van der Waals surface area contributed by atoms with Gasteiger partial charge in [0, 0.05) is 0 Å². The van der Waals surface area contributed by atoms with Crippen LogP contribution in [0.2, 0.25) is 0 Å². The van der Waals surface area contributed by atoms with Crippen LogP contribution in [0.1, 0.15) is 18.4 Å². The Labute approximate surface area is 118 Å². The van der Waals surface area contributed by atoms with Gasteiger partial charge in [0.15, 0.2) is 0 Å². The van der Waals surface area contributed by atoms with E-state index in [0.29, 0.717) is 0 Å². The maximum Gasteiger partial charge on any atom is 0.418 e. The fourth-order valence-corrected chi connectivity index (χ4v) is 2.57. The molecule has 3 rings (SSSR count). The minimum Gasteiger partial charge on any atom is -0.342 e. The Morgan fingerprint density at radius 2 is 1.81 bits per heavy atom. The van der Waals surface area contributed by atoms with Crippen molar-refractivity contribution in [1.82, 2.24) is 5.32 Å². The minimum absolute atomic E-state index is 0.0438. The van der Waals surface area contributed by atoms with Gasteiger partial charge in [-0.3, -0.25) is 9.59 Å². The molecule has 0 radical (unpaired) electrons. The lowest BCUT2D eigenvalue weighted by molar-refractivity contribution is -0.138. The molecule has 0 aromatic heterocycles. The Hall–Kier alpha value is -2.05. The van der Waals surface area contributed by atoms with Crippen LogP contribution in [0.4, 0.5) is 18.9 Å². The fourth-order valence-electron chi connectivity index (χ4n) is 2.57. The Balaban J connectivity index is 1.99. The number of piperazine rings is 1. The van der Waals surface area contributed by atoms with Crippen LogP contribution < -0.4 is 10.2 Å². The molecule has 2 amide bonds. The number of halogens is 3. The number of benzene rings is 1. The van der Waals surface area contributed by atoms with Gasteiger partial charge in [-0.15, -0.1) is 0 Å². The number of nitrogens with one attached hydrogen (secondary N) is 1. The zero-order valence-electron chi connectivity index (χ0n) is 11.0. The third-order valence-corrected chi connectivity index (χ3v) is 3.74. The molecule has 0 spiro atoms. The molecule has 112 valence electrons. The number of carbonyl (C=O) groups excluding carboxylic acids is 2. The van der Waals surface area contributed by atoms with Crippen molar-refractivity contribution < 1.29 is 22.8 Å². The highest BCUT2D eigenvalue weighted by Crippen LogP contribution is 2.39. The maximum absolute atomic E-state index is 13.1. The Morgan fingerprint density at radius 1 is 1.14 bits per heavy atom. The van der Waals surface area contributed by atoms with E-state index in [-0.39, 0.29) is 18.2 Å². The Morgan fingerprint density at radius 3 is 2.43 bits per heavy atom. The molecular weight excluding hydrogens is 285 g/mol. The van der Waals surface area contributed by atoms with E-state index in [0.717, 1.165) is 23.8 Å². The van der Waals surface area contributed by atoms with E-state index in [9.17, 15) is 22.8 Å². The van der Waals surface area contributed by atoms with Crippen molar-refractivity contribution >= 4 is 17.5 Å². The normalized spacial score (nSPS) is 23.2. The predicted octanol–water partition coefficient (Wildman–Crippen LogP) is 1.95. The first-order valence-corrected chi connectivity index (χ1v) is 6.65. The van der Waals surface area contributed by atoms with Crippen molar-refractivity contribution in [2.24, 2.45) is 5.92 Å². The van der Waals surface area contributed by atoms with Crippen LogP contribution in [0.5, 0.6) is 0 Å². The number of hydrogen-bond donors (Lipinski definition) is 1. The summed E-state index contributed by atoms with van der Waals surface area (Å²) in [6.07, 6.45) is -2.95. The molecule has 4 nitrogen and oxygen atoms in total. The molecule has 1 saturated heterocycles. The minimum atomic E-state index is -4.57. The topological polar surface area (TPSA) is 49.4 Å². The van der Waals surface area contributed by atoms with Crippen LogP contribution in [-0.2, 0) is 15.8 Å². The zero-order valence-corrected chi connectivity index (χ0v) is 11.0. The molecule has 1 aliphatic carbocycles. The highest BCUT2D eigenvalue weighted by molar-refractivity contribution is 6.07. The number of nitrogens with zero attached hydrogens (tertiary/aromatic N) is 1.